The van der Waals surface area contributed by atoms with Gasteiger partial charge in [-0.15, -0.1) is 5.10 Å². The van der Waals surface area contributed by atoms with Crippen molar-refractivity contribution in [3.05, 3.63) is 47.5 Å². The molecule has 0 amide bonds. The van der Waals surface area contributed by atoms with Gasteiger partial charge in [0.25, 0.3) is 0 Å². The number of methoxy groups -OCH3 is 1. The molecule has 1 atom stereocenters. The lowest BCUT2D eigenvalue weighted by molar-refractivity contribution is 0.193. The fraction of sp³-hybridized carbons (Fsp3) is 0.560. The first kappa shape index (κ1) is 21.9. The molecule has 3 heterocycles. The van der Waals surface area contributed by atoms with Crippen LogP contribution in [0.4, 0.5) is 4.39 Å². The molecule has 0 spiro atoms. The Morgan fingerprint density at radius 1 is 1.06 bits per heavy atom. The minimum absolute atomic E-state index is 0.205. The molecule has 8 heteroatoms. The minimum Gasteiger partial charge on any atom is -0.481 e. The molecule has 3 aliphatic rings. The number of rotatable bonds is 9. The average Bonchev–Trinajstić information content (AvgIpc) is 3.57. The summed E-state index contributed by atoms with van der Waals surface area (Å²) < 4.78 is 25.6. The maximum atomic E-state index is 14.3. The van der Waals surface area contributed by atoms with Gasteiger partial charge in [-0.25, -0.2) is 14.4 Å². The fourth-order valence-electron chi connectivity index (χ4n) is 5.09. The molecule has 5 rings (SSSR count). The summed E-state index contributed by atoms with van der Waals surface area (Å²) in [5.41, 5.74) is 3.04. The molecule has 1 aliphatic heterocycles. The summed E-state index contributed by atoms with van der Waals surface area (Å²) in [6.45, 7) is 1.26. The van der Waals surface area contributed by atoms with Gasteiger partial charge in [0, 0.05) is 18.3 Å². The Balaban J connectivity index is 1.16. The van der Waals surface area contributed by atoms with E-state index in [0.29, 0.717) is 48.2 Å². The van der Waals surface area contributed by atoms with Crippen LogP contribution in [0.5, 0.6) is 11.8 Å². The largest absolute Gasteiger partial charge is 0.481 e. The number of nitrogens with zero attached hydrogens (tertiary/aromatic N) is 5. The van der Waals surface area contributed by atoms with E-state index >= 15 is 0 Å². The topological polar surface area (TPSA) is 81.3 Å². The average molecular weight is 452 g/mol. The van der Waals surface area contributed by atoms with E-state index in [0.717, 1.165) is 37.8 Å². The van der Waals surface area contributed by atoms with Gasteiger partial charge in [0.15, 0.2) is 0 Å². The quantitative estimate of drug-likeness (QED) is 0.491. The lowest BCUT2D eigenvalue weighted by atomic mass is 9.79. The van der Waals surface area contributed by atoms with Crippen molar-refractivity contribution >= 4 is 5.71 Å². The molecule has 0 aromatic carbocycles. The standard InChI is InChI=1S/C25H30FN5O2/c1-32-24-12-22(23(26)14-28-24)18-4-2-16(3-5-18)15-33-25-10-19(8-9-27-25)21(17-6-7-17)11-20-13-29-31-30-20/h8-10,12,14,16-18,21H,2-7,11,13,15H2,1H3/t16?,18?,21-/m0/s1. The summed E-state index contributed by atoms with van der Waals surface area (Å²) in [5.74, 6) is 2.70. The van der Waals surface area contributed by atoms with Gasteiger partial charge in [0.2, 0.25) is 11.8 Å². The van der Waals surface area contributed by atoms with Gasteiger partial charge >= 0.3 is 0 Å². The third-order valence-electron chi connectivity index (χ3n) is 7.16. The second kappa shape index (κ2) is 9.93. The zero-order valence-electron chi connectivity index (χ0n) is 19.0. The second-order valence-corrected chi connectivity index (χ2v) is 9.41. The molecule has 174 valence electrons. The van der Waals surface area contributed by atoms with Gasteiger partial charge in [-0.3, -0.25) is 0 Å². The van der Waals surface area contributed by atoms with E-state index in [-0.39, 0.29) is 11.7 Å². The Morgan fingerprint density at radius 3 is 2.64 bits per heavy atom. The summed E-state index contributed by atoms with van der Waals surface area (Å²) in [7, 11) is 1.56. The summed E-state index contributed by atoms with van der Waals surface area (Å²) >= 11 is 0. The second-order valence-electron chi connectivity index (χ2n) is 9.41. The van der Waals surface area contributed by atoms with Crippen LogP contribution in [0, 0.1) is 17.7 Å². The number of pyridine rings is 2. The summed E-state index contributed by atoms with van der Waals surface area (Å²) in [4.78, 5) is 8.40. The molecule has 0 radical (unpaired) electrons. The van der Waals surface area contributed by atoms with Crippen molar-refractivity contribution in [2.75, 3.05) is 20.3 Å². The van der Waals surface area contributed by atoms with Crippen molar-refractivity contribution in [3.63, 3.8) is 0 Å². The van der Waals surface area contributed by atoms with Crippen LogP contribution >= 0.6 is 0 Å². The maximum absolute atomic E-state index is 14.3. The molecule has 2 saturated carbocycles. The zero-order chi connectivity index (χ0) is 22.6. The summed E-state index contributed by atoms with van der Waals surface area (Å²) in [6.07, 6.45) is 10.4. The fourth-order valence-corrected chi connectivity index (χ4v) is 5.09. The van der Waals surface area contributed by atoms with Gasteiger partial charge in [0.05, 0.1) is 25.6 Å². The molecule has 33 heavy (non-hydrogen) atoms. The van der Waals surface area contributed by atoms with Crippen molar-refractivity contribution in [1.29, 1.82) is 0 Å². The van der Waals surface area contributed by atoms with E-state index in [4.69, 9.17) is 9.47 Å². The van der Waals surface area contributed by atoms with Crippen molar-refractivity contribution in [1.82, 2.24) is 9.97 Å². The Hall–Kier alpha value is -2.90. The first-order valence-corrected chi connectivity index (χ1v) is 11.9. The van der Waals surface area contributed by atoms with Gasteiger partial charge < -0.3 is 9.47 Å². The van der Waals surface area contributed by atoms with Gasteiger partial charge in [0.1, 0.15) is 12.4 Å². The molecule has 2 aromatic heterocycles. The van der Waals surface area contributed by atoms with Crippen molar-refractivity contribution in [3.8, 4) is 11.8 Å². The first-order valence-electron chi connectivity index (χ1n) is 11.9. The van der Waals surface area contributed by atoms with E-state index < -0.39 is 0 Å². The highest BCUT2D eigenvalue weighted by molar-refractivity contribution is 5.87. The summed E-state index contributed by atoms with van der Waals surface area (Å²) in [5, 5.41) is 11.9. The van der Waals surface area contributed by atoms with Crippen LogP contribution in [0.25, 0.3) is 0 Å². The van der Waals surface area contributed by atoms with Crippen molar-refractivity contribution in [2.24, 2.45) is 27.3 Å². The Kier molecular flexibility index (Phi) is 6.60. The van der Waals surface area contributed by atoms with Gasteiger partial charge in [-0.05, 0) is 91.0 Å². The molecule has 2 aromatic rings. The lowest BCUT2D eigenvalue weighted by Crippen LogP contribution is -2.20. The van der Waals surface area contributed by atoms with Crippen LogP contribution in [-0.4, -0.2) is 35.9 Å². The number of hydrogen-bond acceptors (Lipinski definition) is 7. The highest BCUT2D eigenvalue weighted by Crippen LogP contribution is 2.45. The lowest BCUT2D eigenvalue weighted by Gasteiger charge is -2.29. The predicted molar refractivity (Wildman–Crippen MR) is 122 cm³/mol. The first-order chi connectivity index (χ1) is 16.2. The minimum atomic E-state index is -0.243. The Morgan fingerprint density at radius 2 is 1.91 bits per heavy atom. The van der Waals surface area contributed by atoms with Crippen LogP contribution in [0.2, 0.25) is 0 Å². The van der Waals surface area contributed by atoms with E-state index in [2.05, 4.69) is 37.5 Å². The number of aromatic nitrogens is 2. The van der Waals surface area contributed by atoms with Crippen molar-refractivity contribution in [2.45, 2.75) is 56.8 Å². The normalized spacial score (nSPS) is 23.3. The Bertz CT molecular complexity index is 1030. The summed E-state index contributed by atoms with van der Waals surface area (Å²) in [6, 6.07) is 5.93. The third kappa shape index (κ3) is 5.37. The predicted octanol–water partition coefficient (Wildman–Crippen LogP) is 5.68. The van der Waals surface area contributed by atoms with E-state index in [1.165, 1.54) is 24.6 Å². The van der Waals surface area contributed by atoms with Crippen LogP contribution in [0.15, 0.2) is 46.0 Å². The molecular weight excluding hydrogens is 421 g/mol. The molecule has 0 bridgehead atoms. The molecule has 7 nitrogen and oxygen atoms in total. The molecule has 2 fully saturated rings. The number of ether oxygens (including phenoxy) is 2. The van der Waals surface area contributed by atoms with E-state index in [1.54, 1.807) is 13.2 Å². The molecule has 2 aliphatic carbocycles. The zero-order valence-corrected chi connectivity index (χ0v) is 19.0. The number of hydrogen-bond donors (Lipinski definition) is 0. The van der Waals surface area contributed by atoms with Gasteiger partial charge in [-0.1, -0.05) is 0 Å². The Labute approximate surface area is 193 Å². The highest BCUT2D eigenvalue weighted by Gasteiger charge is 2.34. The van der Waals surface area contributed by atoms with Crippen molar-refractivity contribution < 1.29 is 13.9 Å². The monoisotopic (exact) mass is 451 g/mol. The molecule has 0 N–H and O–H groups in total. The smallest absolute Gasteiger partial charge is 0.213 e. The third-order valence-corrected chi connectivity index (χ3v) is 7.16. The number of halogens is 1. The van der Waals surface area contributed by atoms with Crippen LogP contribution in [0.1, 0.15) is 67.9 Å². The van der Waals surface area contributed by atoms with E-state index in [1.807, 2.05) is 6.20 Å². The van der Waals surface area contributed by atoms with Crippen LogP contribution in [-0.2, 0) is 0 Å². The van der Waals surface area contributed by atoms with Gasteiger partial charge in [-0.2, -0.15) is 5.11 Å². The highest BCUT2D eigenvalue weighted by atomic mass is 19.1. The van der Waals surface area contributed by atoms with Crippen LogP contribution in [0.3, 0.4) is 0 Å². The molecular formula is C25H30FN5O2. The molecule has 0 saturated heterocycles. The molecule has 0 unspecified atom stereocenters. The maximum Gasteiger partial charge on any atom is 0.213 e. The van der Waals surface area contributed by atoms with Crippen LogP contribution < -0.4 is 9.47 Å². The van der Waals surface area contributed by atoms with E-state index in [9.17, 15) is 4.39 Å². The SMILES string of the molecule is COc1cc(C2CCC(COc3cc([C@@H](CC4=NN=NC4)C4CC4)ccn3)CC2)c(F)cn1.